The summed E-state index contributed by atoms with van der Waals surface area (Å²) in [6, 6.07) is 9.44. The summed E-state index contributed by atoms with van der Waals surface area (Å²) in [6.07, 6.45) is 1.74. The largest absolute Gasteiger partial charge is 0.405 e. The molecule has 1 aliphatic rings. The summed E-state index contributed by atoms with van der Waals surface area (Å²) in [5.41, 5.74) is -0.560. The first kappa shape index (κ1) is 12.6. The second-order valence-electron chi connectivity index (χ2n) is 5.17. The maximum absolute atomic E-state index is 12.1. The molecule has 18 heavy (non-hydrogen) atoms. The minimum absolute atomic E-state index is 0.328. The third-order valence-corrected chi connectivity index (χ3v) is 3.70. The number of cyclic esters (lactones) is 1. The normalized spacial score (nSPS) is 23.5. The van der Waals surface area contributed by atoms with E-state index >= 15 is 0 Å². The molecular weight excluding hydrogens is 226 g/mol. The van der Waals surface area contributed by atoms with E-state index in [9.17, 15) is 4.79 Å². The van der Waals surface area contributed by atoms with Gasteiger partial charge >= 0.3 is 5.97 Å². The standard InChI is InChI=1S/C15H17NO2/c1-5-14(2,3)15(4)13(17)18-12(16-15)11-9-7-6-8-10-11/h5-10H,1H2,2-4H3. The Kier molecular flexibility index (Phi) is 2.85. The SMILES string of the molecule is C=CC(C)(C)C1(C)N=C(c2ccccc2)OC1=O. The Morgan fingerprint density at radius 1 is 1.33 bits per heavy atom. The van der Waals surface area contributed by atoms with E-state index in [1.54, 1.807) is 13.0 Å². The lowest BCUT2D eigenvalue weighted by atomic mass is 9.74. The van der Waals surface area contributed by atoms with Crippen LogP contribution in [0.2, 0.25) is 0 Å². The number of aliphatic imine (C=N–C) groups is 1. The molecule has 0 amide bonds. The molecule has 94 valence electrons. The molecule has 1 atom stereocenters. The van der Waals surface area contributed by atoms with Crippen LogP contribution in [-0.2, 0) is 9.53 Å². The minimum atomic E-state index is -0.917. The number of carbonyl (C=O) groups is 1. The zero-order valence-electron chi connectivity index (χ0n) is 10.9. The van der Waals surface area contributed by atoms with Crippen LogP contribution in [0, 0.1) is 5.41 Å². The third kappa shape index (κ3) is 1.76. The predicted molar refractivity (Wildman–Crippen MR) is 71.5 cm³/mol. The lowest BCUT2D eigenvalue weighted by Gasteiger charge is -2.32. The molecule has 0 N–H and O–H groups in total. The Morgan fingerprint density at radius 2 is 1.94 bits per heavy atom. The summed E-state index contributed by atoms with van der Waals surface area (Å²) in [4.78, 5) is 16.6. The summed E-state index contributed by atoms with van der Waals surface area (Å²) < 4.78 is 5.31. The highest BCUT2D eigenvalue weighted by atomic mass is 16.6. The molecule has 0 bridgehead atoms. The Bertz CT molecular complexity index is 517. The van der Waals surface area contributed by atoms with Crippen LogP contribution in [0.4, 0.5) is 0 Å². The molecule has 0 saturated carbocycles. The molecule has 0 saturated heterocycles. The summed E-state index contributed by atoms with van der Waals surface area (Å²) >= 11 is 0. The summed E-state index contributed by atoms with van der Waals surface area (Å²) in [5.74, 6) is 0.0595. The van der Waals surface area contributed by atoms with Gasteiger partial charge in [-0.1, -0.05) is 38.1 Å². The highest BCUT2D eigenvalue weighted by Gasteiger charge is 2.51. The molecule has 0 aromatic heterocycles. The zero-order valence-corrected chi connectivity index (χ0v) is 10.9. The number of ether oxygens (including phenoxy) is 1. The first-order chi connectivity index (χ1) is 8.40. The smallest absolute Gasteiger partial charge is 0.341 e. The third-order valence-electron chi connectivity index (χ3n) is 3.70. The zero-order chi connectivity index (χ0) is 13.4. The lowest BCUT2D eigenvalue weighted by Crippen LogP contribution is -2.44. The van der Waals surface area contributed by atoms with Crippen LogP contribution < -0.4 is 0 Å². The molecule has 1 aliphatic heterocycles. The van der Waals surface area contributed by atoms with Gasteiger partial charge in [0.2, 0.25) is 5.90 Å². The van der Waals surface area contributed by atoms with Crippen molar-refractivity contribution in [3.8, 4) is 0 Å². The van der Waals surface area contributed by atoms with E-state index < -0.39 is 11.0 Å². The highest BCUT2D eigenvalue weighted by molar-refractivity contribution is 6.08. The van der Waals surface area contributed by atoms with Gasteiger partial charge in [-0.15, -0.1) is 6.58 Å². The van der Waals surface area contributed by atoms with Crippen molar-refractivity contribution >= 4 is 11.9 Å². The first-order valence-corrected chi connectivity index (χ1v) is 5.92. The number of carbonyl (C=O) groups excluding carboxylic acids is 1. The number of hydrogen-bond donors (Lipinski definition) is 0. The summed E-state index contributed by atoms with van der Waals surface area (Å²) in [7, 11) is 0. The van der Waals surface area contributed by atoms with Gasteiger partial charge in [0.1, 0.15) is 0 Å². The first-order valence-electron chi connectivity index (χ1n) is 5.92. The van der Waals surface area contributed by atoms with Gasteiger partial charge in [0.25, 0.3) is 0 Å². The quantitative estimate of drug-likeness (QED) is 0.604. The van der Waals surface area contributed by atoms with E-state index in [2.05, 4.69) is 11.6 Å². The van der Waals surface area contributed by atoms with E-state index in [4.69, 9.17) is 4.74 Å². The fraction of sp³-hybridized carbons (Fsp3) is 0.333. The van der Waals surface area contributed by atoms with Crippen molar-refractivity contribution in [2.24, 2.45) is 10.4 Å². The van der Waals surface area contributed by atoms with Crippen molar-refractivity contribution < 1.29 is 9.53 Å². The monoisotopic (exact) mass is 243 g/mol. The van der Waals surface area contributed by atoms with Crippen molar-refractivity contribution in [2.45, 2.75) is 26.3 Å². The molecule has 3 heteroatoms. The summed E-state index contributed by atoms with van der Waals surface area (Å²) in [5, 5.41) is 0. The maximum atomic E-state index is 12.1. The van der Waals surface area contributed by atoms with Crippen molar-refractivity contribution in [2.75, 3.05) is 0 Å². The Hall–Kier alpha value is -1.90. The number of benzene rings is 1. The highest BCUT2D eigenvalue weighted by Crippen LogP contribution is 2.40. The average molecular weight is 243 g/mol. The van der Waals surface area contributed by atoms with Gasteiger partial charge in [0.05, 0.1) is 0 Å². The minimum Gasteiger partial charge on any atom is -0.405 e. The number of hydrogen-bond acceptors (Lipinski definition) is 3. The Morgan fingerprint density at radius 3 is 2.50 bits per heavy atom. The topological polar surface area (TPSA) is 38.7 Å². The van der Waals surface area contributed by atoms with Crippen LogP contribution in [0.15, 0.2) is 48.0 Å². The molecule has 1 aromatic carbocycles. The van der Waals surface area contributed by atoms with Crippen LogP contribution >= 0.6 is 0 Å². The van der Waals surface area contributed by atoms with Crippen LogP contribution in [0.3, 0.4) is 0 Å². The van der Waals surface area contributed by atoms with E-state index in [0.717, 1.165) is 5.56 Å². The van der Waals surface area contributed by atoms with E-state index in [1.165, 1.54) is 0 Å². The maximum Gasteiger partial charge on any atom is 0.341 e. The predicted octanol–water partition coefficient (Wildman–Crippen LogP) is 2.96. The van der Waals surface area contributed by atoms with Crippen molar-refractivity contribution in [1.82, 2.24) is 0 Å². The van der Waals surface area contributed by atoms with Crippen LogP contribution in [0.5, 0.6) is 0 Å². The van der Waals surface area contributed by atoms with E-state index in [0.29, 0.717) is 5.90 Å². The van der Waals surface area contributed by atoms with Crippen LogP contribution in [0.25, 0.3) is 0 Å². The Balaban J connectivity index is 2.45. The molecule has 1 unspecified atom stereocenters. The van der Waals surface area contributed by atoms with Gasteiger partial charge in [-0.25, -0.2) is 9.79 Å². The van der Waals surface area contributed by atoms with Crippen molar-refractivity contribution in [1.29, 1.82) is 0 Å². The molecule has 1 aromatic rings. The van der Waals surface area contributed by atoms with Crippen LogP contribution in [0.1, 0.15) is 26.3 Å². The number of rotatable bonds is 3. The molecular formula is C15H17NO2. The summed E-state index contributed by atoms with van der Waals surface area (Å²) in [6.45, 7) is 9.42. The fourth-order valence-corrected chi connectivity index (χ4v) is 1.77. The number of nitrogens with zero attached hydrogens (tertiary/aromatic N) is 1. The van der Waals surface area contributed by atoms with Crippen molar-refractivity contribution in [3.05, 3.63) is 48.6 Å². The van der Waals surface area contributed by atoms with Gasteiger partial charge in [0, 0.05) is 11.0 Å². The second kappa shape index (κ2) is 4.09. The molecule has 0 aliphatic carbocycles. The molecule has 3 nitrogen and oxygen atoms in total. The van der Waals surface area contributed by atoms with Gasteiger partial charge < -0.3 is 4.74 Å². The van der Waals surface area contributed by atoms with Crippen LogP contribution in [-0.4, -0.2) is 17.4 Å². The van der Waals surface area contributed by atoms with Gasteiger partial charge in [-0.05, 0) is 19.1 Å². The van der Waals surface area contributed by atoms with E-state index in [1.807, 2.05) is 44.2 Å². The molecule has 0 fully saturated rings. The van der Waals surface area contributed by atoms with E-state index in [-0.39, 0.29) is 5.97 Å². The fourth-order valence-electron chi connectivity index (χ4n) is 1.77. The lowest BCUT2D eigenvalue weighted by molar-refractivity contribution is -0.141. The Labute approximate surface area is 107 Å². The molecule has 0 spiro atoms. The molecule has 1 heterocycles. The second-order valence-corrected chi connectivity index (χ2v) is 5.17. The average Bonchev–Trinajstić information content (AvgIpc) is 2.69. The molecule has 0 radical (unpaired) electrons. The van der Waals surface area contributed by atoms with Gasteiger partial charge in [-0.3, -0.25) is 0 Å². The van der Waals surface area contributed by atoms with Crippen molar-refractivity contribution in [3.63, 3.8) is 0 Å². The molecule has 2 rings (SSSR count). The van der Waals surface area contributed by atoms with Gasteiger partial charge in [0.15, 0.2) is 5.54 Å². The number of esters is 1. The van der Waals surface area contributed by atoms with Gasteiger partial charge in [-0.2, -0.15) is 0 Å².